The van der Waals surface area contributed by atoms with Crippen LogP contribution in [0.3, 0.4) is 0 Å². The minimum Gasteiger partial charge on any atom is -0.366 e. The van der Waals surface area contributed by atoms with Gasteiger partial charge in [-0.1, -0.05) is 11.6 Å². The third-order valence-corrected chi connectivity index (χ3v) is 3.42. The first-order valence-electron chi connectivity index (χ1n) is 5.73. The number of halogens is 4. The lowest BCUT2D eigenvalue weighted by Gasteiger charge is -2.36. The number of hydrogen-bond donors (Lipinski definition) is 1. The van der Waals surface area contributed by atoms with Crippen LogP contribution in [0.25, 0.3) is 0 Å². The maximum atomic E-state index is 12.8. The molecular formula is C12H14ClF3N2. The molecule has 0 spiro atoms. The predicted molar refractivity (Wildman–Crippen MR) is 66.1 cm³/mol. The molecule has 1 unspecified atom stereocenters. The van der Waals surface area contributed by atoms with Crippen molar-refractivity contribution in [3.05, 3.63) is 28.8 Å². The molecule has 1 aliphatic rings. The Morgan fingerprint density at radius 3 is 2.72 bits per heavy atom. The highest BCUT2D eigenvalue weighted by molar-refractivity contribution is 6.31. The third-order valence-electron chi connectivity index (χ3n) is 3.09. The quantitative estimate of drug-likeness (QED) is 0.849. The van der Waals surface area contributed by atoms with Crippen molar-refractivity contribution in [2.75, 3.05) is 24.5 Å². The molecular weight excluding hydrogens is 265 g/mol. The average Bonchev–Trinajstić information content (AvgIpc) is 2.29. The summed E-state index contributed by atoms with van der Waals surface area (Å²) in [6, 6.07) is 4.25. The van der Waals surface area contributed by atoms with Crippen molar-refractivity contribution in [1.82, 2.24) is 5.32 Å². The van der Waals surface area contributed by atoms with E-state index in [1.54, 1.807) is 6.07 Å². The summed E-state index contributed by atoms with van der Waals surface area (Å²) in [7, 11) is 0. The largest absolute Gasteiger partial charge is 0.417 e. The van der Waals surface area contributed by atoms with E-state index in [4.69, 9.17) is 11.6 Å². The summed E-state index contributed by atoms with van der Waals surface area (Å²) in [6.45, 7) is 4.21. The van der Waals surface area contributed by atoms with Gasteiger partial charge in [0.25, 0.3) is 0 Å². The van der Waals surface area contributed by atoms with Gasteiger partial charge >= 0.3 is 6.18 Å². The molecule has 2 nitrogen and oxygen atoms in total. The number of rotatable bonds is 1. The van der Waals surface area contributed by atoms with Gasteiger partial charge in [-0.15, -0.1) is 0 Å². The van der Waals surface area contributed by atoms with E-state index in [2.05, 4.69) is 5.32 Å². The molecule has 1 N–H and O–H groups in total. The lowest BCUT2D eigenvalue weighted by molar-refractivity contribution is -0.137. The number of nitrogens with one attached hydrogen (secondary N) is 1. The Morgan fingerprint density at radius 1 is 1.39 bits per heavy atom. The second-order valence-electron chi connectivity index (χ2n) is 4.41. The van der Waals surface area contributed by atoms with Gasteiger partial charge in [-0.2, -0.15) is 13.2 Å². The first-order valence-corrected chi connectivity index (χ1v) is 6.11. The minimum absolute atomic E-state index is 0.168. The Kier molecular flexibility index (Phi) is 3.73. The summed E-state index contributed by atoms with van der Waals surface area (Å²) in [4.78, 5) is 1.96. The zero-order valence-electron chi connectivity index (χ0n) is 9.89. The van der Waals surface area contributed by atoms with Gasteiger partial charge in [-0.3, -0.25) is 0 Å². The van der Waals surface area contributed by atoms with Gasteiger partial charge in [0.2, 0.25) is 0 Å². The molecule has 100 valence electrons. The lowest BCUT2D eigenvalue weighted by Crippen LogP contribution is -2.50. The third kappa shape index (κ3) is 2.72. The van der Waals surface area contributed by atoms with Crippen molar-refractivity contribution >= 4 is 17.3 Å². The predicted octanol–water partition coefficient (Wildman–Crippen LogP) is 3.16. The van der Waals surface area contributed by atoms with Crippen LogP contribution in [0.1, 0.15) is 12.5 Å². The summed E-state index contributed by atoms with van der Waals surface area (Å²) < 4.78 is 38.3. The zero-order chi connectivity index (χ0) is 13.3. The van der Waals surface area contributed by atoms with Crippen molar-refractivity contribution in [2.45, 2.75) is 19.1 Å². The van der Waals surface area contributed by atoms with Crippen molar-refractivity contribution in [3.8, 4) is 0 Å². The van der Waals surface area contributed by atoms with Crippen LogP contribution in [-0.4, -0.2) is 25.7 Å². The fourth-order valence-corrected chi connectivity index (χ4v) is 2.36. The van der Waals surface area contributed by atoms with Crippen LogP contribution in [0.5, 0.6) is 0 Å². The molecule has 6 heteroatoms. The van der Waals surface area contributed by atoms with Gasteiger partial charge < -0.3 is 10.2 Å². The fourth-order valence-electron chi connectivity index (χ4n) is 2.13. The Morgan fingerprint density at radius 2 is 2.11 bits per heavy atom. The highest BCUT2D eigenvalue weighted by Crippen LogP contribution is 2.37. The molecule has 0 radical (unpaired) electrons. The van der Waals surface area contributed by atoms with Crippen LogP contribution in [0, 0.1) is 0 Å². The van der Waals surface area contributed by atoms with Gasteiger partial charge in [0.15, 0.2) is 0 Å². The Labute approximate surface area is 109 Å². The molecule has 1 atom stereocenters. The van der Waals surface area contributed by atoms with E-state index in [1.165, 1.54) is 6.07 Å². The summed E-state index contributed by atoms with van der Waals surface area (Å²) in [6.07, 6.45) is -4.41. The molecule has 2 rings (SSSR count). The molecule has 1 aromatic carbocycles. The van der Waals surface area contributed by atoms with Crippen LogP contribution < -0.4 is 10.2 Å². The summed E-state index contributed by atoms with van der Waals surface area (Å²) in [5.41, 5.74) is -0.201. The Hall–Kier alpha value is -0.940. The standard InChI is InChI=1S/C12H14ClF3N2/c1-8-7-17-4-5-18(8)9-2-3-11(13)10(6-9)12(14,15)16/h2-3,6,8,17H,4-5,7H2,1H3. The molecule has 0 amide bonds. The first-order chi connectivity index (χ1) is 8.39. The summed E-state index contributed by atoms with van der Waals surface area (Å²) >= 11 is 5.61. The number of hydrogen-bond acceptors (Lipinski definition) is 2. The van der Waals surface area contributed by atoms with E-state index in [0.29, 0.717) is 12.2 Å². The Balaban J connectivity index is 2.34. The smallest absolute Gasteiger partial charge is 0.366 e. The average molecular weight is 279 g/mol. The van der Waals surface area contributed by atoms with Crippen molar-refractivity contribution in [2.24, 2.45) is 0 Å². The molecule has 1 aromatic rings. The molecule has 18 heavy (non-hydrogen) atoms. The van der Waals surface area contributed by atoms with E-state index in [-0.39, 0.29) is 11.1 Å². The van der Waals surface area contributed by atoms with E-state index < -0.39 is 11.7 Å². The van der Waals surface area contributed by atoms with Gasteiger partial charge in [-0.25, -0.2) is 0 Å². The number of alkyl halides is 3. The molecule has 0 bridgehead atoms. The molecule has 0 saturated carbocycles. The first kappa shape index (κ1) is 13.5. The van der Waals surface area contributed by atoms with Crippen molar-refractivity contribution in [1.29, 1.82) is 0 Å². The van der Waals surface area contributed by atoms with Gasteiger partial charge in [-0.05, 0) is 25.1 Å². The van der Waals surface area contributed by atoms with Crippen LogP contribution in [0.15, 0.2) is 18.2 Å². The molecule has 1 aliphatic heterocycles. The van der Waals surface area contributed by atoms with E-state index in [0.717, 1.165) is 19.2 Å². The molecule has 1 heterocycles. The number of benzene rings is 1. The van der Waals surface area contributed by atoms with Crippen LogP contribution in [0.4, 0.5) is 18.9 Å². The number of anilines is 1. The van der Waals surface area contributed by atoms with Gasteiger partial charge in [0, 0.05) is 31.4 Å². The molecule has 1 saturated heterocycles. The monoisotopic (exact) mass is 278 g/mol. The second-order valence-corrected chi connectivity index (χ2v) is 4.82. The molecule has 0 aliphatic carbocycles. The maximum Gasteiger partial charge on any atom is 0.417 e. The maximum absolute atomic E-state index is 12.8. The summed E-state index contributed by atoms with van der Waals surface area (Å²) in [5, 5.41) is 2.95. The van der Waals surface area contributed by atoms with Crippen LogP contribution >= 0.6 is 11.6 Å². The lowest BCUT2D eigenvalue weighted by atomic mass is 10.1. The van der Waals surface area contributed by atoms with Gasteiger partial charge in [0.05, 0.1) is 10.6 Å². The zero-order valence-corrected chi connectivity index (χ0v) is 10.6. The van der Waals surface area contributed by atoms with Crippen molar-refractivity contribution in [3.63, 3.8) is 0 Å². The van der Waals surface area contributed by atoms with Crippen LogP contribution in [-0.2, 0) is 6.18 Å². The molecule has 1 fully saturated rings. The summed E-state index contributed by atoms with van der Waals surface area (Å²) in [5.74, 6) is 0. The normalized spacial score (nSPS) is 21.2. The highest BCUT2D eigenvalue weighted by Gasteiger charge is 2.34. The highest BCUT2D eigenvalue weighted by atomic mass is 35.5. The minimum atomic E-state index is -4.41. The van der Waals surface area contributed by atoms with Crippen LogP contribution in [0.2, 0.25) is 5.02 Å². The van der Waals surface area contributed by atoms with E-state index in [9.17, 15) is 13.2 Å². The van der Waals surface area contributed by atoms with E-state index in [1.807, 2.05) is 11.8 Å². The van der Waals surface area contributed by atoms with Crippen molar-refractivity contribution < 1.29 is 13.2 Å². The number of nitrogens with zero attached hydrogens (tertiary/aromatic N) is 1. The van der Waals surface area contributed by atoms with Gasteiger partial charge in [0.1, 0.15) is 0 Å². The topological polar surface area (TPSA) is 15.3 Å². The molecule has 0 aromatic heterocycles. The Bertz CT molecular complexity index is 434. The number of piperazine rings is 1. The van der Waals surface area contributed by atoms with E-state index >= 15 is 0 Å². The fraction of sp³-hybridized carbons (Fsp3) is 0.500. The second kappa shape index (κ2) is 4.97. The SMILES string of the molecule is CC1CNCCN1c1ccc(Cl)c(C(F)(F)F)c1.